The predicted molar refractivity (Wildman–Crippen MR) is 91.1 cm³/mol. The molecule has 0 aliphatic carbocycles. The van der Waals surface area contributed by atoms with Crippen LogP contribution in [0.3, 0.4) is 0 Å². The Morgan fingerprint density at radius 1 is 1.27 bits per heavy atom. The summed E-state index contributed by atoms with van der Waals surface area (Å²) in [5, 5.41) is 7.37. The first-order chi connectivity index (χ1) is 10.7. The number of anilines is 1. The van der Waals surface area contributed by atoms with E-state index >= 15 is 0 Å². The van der Waals surface area contributed by atoms with E-state index in [1.807, 2.05) is 35.9 Å². The molecule has 0 radical (unpaired) electrons. The van der Waals surface area contributed by atoms with Crippen molar-refractivity contribution in [3.05, 3.63) is 52.2 Å². The van der Waals surface area contributed by atoms with Crippen molar-refractivity contribution in [3.63, 3.8) is 0 Å². The number of hydrogen-bond donors (Lipinski definition) is 1. The van der Waals surface area contributed by atoms with Crippen molar-refractivity contribution in [3.8, 4) is 16.3 Å². The van der Waals surface area contributed by atoms with Crippen molar-refractivity contribution in [2.45, 2.75) is 6.92 Å². The summed E-state index contributed by atoms with van der Waals surface area (Å²) in [5.41, 5.74) is 2.43. The largest absolute Gasteiger partial charge is 0.496 e. The highest BCUT2D eigenvalue weighted by Crippen LogP contribution is 2.28. The van der Waals surface area contributed by atoms with Crippen LogP contribution < -0.4 is 10.1 Å². The zero-order chi connectivity index (χ0) is 15.5. The van der Waals surface area contributed by atoms with Gasteiger partial charge >= 0.3 is 0 Å². The van der Waals surface area contributed by atoms with Gasteiger partial charge in [0.05, 0.1) is 17.7 Å². The van der Waals surface area contributed by atoms with Crippen LogP contribution in [-0.2, 0) is 0 Å². The van der Waals surface area contributed by atoms with E-state index in [1.165, 1.54) is 11.3 Å². The molecule has 1 aromatic carbocycles. The first kappa shape index (κ1) is 14.7. The molecule has 6 heteroatoms. The van der Waals surface area contributed by atoms with Crippen LogP contribution in [0.25, 0.3) is 10.6 Å². The van der Waals surface area contributed by atoms with E-state index in [1.54, 1.807) is 30.6 Å². The molecule has 3 aromatic rings. The summed E-state index contributed by atoms with van der Waals surface area (Å²) in [6, 6.07) is 9.37. The number of nitrogens with zero attached hydrogens (tertiary/aromatic N) is 1. The van der Waals surface area contributed by atoms with Crippen LogP contribution in [0.2, 0.25) is 0 Å². The first-order valence-corrected chi connectivity index (χ1v) is 8.38. The van der Waals surface area contributed by atoms with E-state index in [0.29, 0.717) is 16.4 Å². The summed E-state index contributed by atoms with van der Waals surface area (Å²) in [4.78, 5) is 17.8. The van der Waals surface area contributed by atoms with Gasteiger partial charge < -0.3 is 4.74 Å². The Kier molecular flexibility index (Phi) is 4.22. The maximum Gasteiger partial charge on any atom is 0.257 e. The highest BCUT2D eigenvalue weighted by Gasteiger charge is 2.12. The molecule has 1 amide bonds. The molecule has 0 saturated heterocycles. The van der Waals surface area contributed by atoms with Gasteiger partial charge in [0.2, 0.25) is 0 Å². The second-order valence-corrected chi connectivity index (χ2v) is 6.46. The minimum Gasteiger partial charge on any atom is -0.496 e. The number of carbonyl (C=O) groups excluding carboxylic acids is 1. The molecule has 0 fully saturated rings. The lowest BCUT2D eigenvalue weighted by Gasteiger charge is -2.07. The third-order valence-electron chi connectivity index (χ3n) is 3.17. The fourth-order valence-electron chi connectivity index (χ4n) is 2.00. The van der Waals surface area contributed by atoms with E-state index in [9.17, 15) is 4.79 Å². The van der Waals surface area contributed by atoms with Gasteiger partial charge in [-0.15, -0.1) is 22.7 Å². The van der Waals surface area contributed by atoms with Crippen LogP contribution in [0.5, 0.6) is 5.75 Å². The smallest absolute Gasteiger partial charge is 0.257 e. The average molecular weight is 330 g/mol. The topological polar surface area (TPSA) is 51.2 Å². The van der Waals surface area contributed by atoms with E-state index in [2.05, 4.69) is 10.3 Å². The summed E-state index contributed by atoms with van der Waals surface area (Å²) in [6.07, 6.45) is 0. The van der Waals surface area contributed by atoms with Gasteiger partial charge in [0, 0.05) is 10.9 Å². The highest BCUT2D eigenvalue weighted by molar-refractivity contribution is 7.16. The van der Waals surface area contributed by atoms with Gasteiger partial charge in [0.1, 0.15) is 5.75 Å². The molecule has 0 aliphatic heterocycles. The van der Waals surface area contributed by atoms with E-state index in [-0.39, 0.29) is 5.91 Å². The van der Waals surface area contributed by atoms with Crippen molar-refractivity contribution in [2.24, 2.45) is 0 Å². The van der Waals surface area contributed by atoms with E-state index in [4.69, 9.17) is 4.74 Å². The number of aromatic nitrogens is 1. The maximum atomic E-state index is 12.3. The molecule has 2 aromatic heterocycles. The number of ether oxygens (including phenoxy) is 1. The fourth-order valence-corrected chi connectivity index (χ4v) is 3.47. The summed E-state index contributed by atoms with van der Waals surface area (Å²) in [5.74, 6) is 0.511. The Morgan fingerprint density at radius 2 is 2.14 bits per heavy atom. The molecule has 22 heavy (non-hydrogen) atoms. The molecule has 0 spiro atoms. The second kappa shape index (κ2) is 6.29. The number of carbonyl (C=O) groups is 1. The number of thiophene rings is 1. The first-order valence-electron chi connectivity index (χ1n) is 6.63. The molecule has 0 atom stereocenters. The van der Waals surface area contributed by atoms with E-state index < -0.39 is 0 Å². The summed E-state index contributed by atoms with van der Waals surface area (Å²) < 4.78 is 5.25. The number of methoxy groups -OCH3 is 1. The molecule has 4 nitrogen and oxygen atoms in total. The fraction of sp³-hybridized carbons (Fsp3) is 0.125. The van der Waals surface area contributed by atoms with Gasteiger partial charge in [-0.25, -0.2) is 4.98 Å². The summed E-state index contributed by atoms with van der Waals surface area (Å²) >= 11 is 3.04. The molecule has 2 heterocycles. The van der Waals surface area contributed by atoms with Gasteiger partial charge in [-0.3, -0.25) is 10.1 Å². The third kappa shape index (κ3) is 3.03. The third-order valence-corrected chi connectivity index (χ3v) is 4.82. The van der Waals surface area contributed by atoms with Gasteiger partial charge in [0.15, 0.2) is 5.13 Å². The Labute approximate surface area is 136 Å². The monoisotopic (exact) mass is 330 g/mol. The quantitative estimate of drug-likeness (QED) is 0.769. The predicted octanol–water partition coefficient (Wildman–Crippen LogP) is 4.44. The molecule has 112 valence electrons. The standard InChI is InChI=1S/C16H14N2O2S2/c1-10-5-6-11(8-13(10)20-2)15(19)18-16-17-12(9-22-16)14-4-3-7-21-14/h3-9H,1-2H3,(H,17,18,19). The molecular formula is C16H14N2O2S2. The lowest BCUT2D eigenvalue weighted by molar-refractivity contribution is 0.102. The van der Waals surface area contributed by atoms with Gasteiger partial charge in [0.25, 0.3) is 5.91 Å². The van der Waals surface area contributed by atoms with Gasteiger partial charge in [-0.1, -0.05) is 12.1 Å². The molecule has 1 N–H and O–H groups in total. The van der Waals surface area contributed by atoms with Crippen LogP contribution in [-0.4, -0.2) is 18.0 Å². The van der Waals surface area contributed by atoms with Crippen LogP contribution in [0.15, 0.2) is 41.1 Å². The highest BCUT2D eigenvalue weighted by atomic mass is 32.1. The summed E-state index contributed by atoms with van der Waals surface area (Å²) in [6.45, 7) is 1.94. The summed E-state index contributed by atoms with van der Waals surface area (Å²) in [7, 11) is 1.60. The minimum atomic E-state index is -0.189. The Morgan fingerprint density at radius 3 is 2.86 bits per heavy atom. The zero-order valence-electron chi connectivity index (χ0n) is 12.1. The Balaban J connectivity index is 1.77. The molecule has 0 bridgehead atoms. The van der Waals surface area contributed by atoms with Crippen LogP contribution in [0.1, 0.15) is 15.9 Å². The molecule has 3 rings (SSSR count). The maximum absolute atomic E-state index is 12.3. The van der Waals surface area contributed by atoms with Gasteiger partial charge in [-0.2, -0.15) is 0 Å². The number of aryl methyl sites for hydroxylation is 1. The lowest BCUT2D eigenvalue weighted by Crippen LogP contribution is -2.11. The van der Waals surface area contributed by atoms with Crippen LogP contribution in [0.4, 0.5) is 5.13 Å². The molecule has 0 aliphatic rings. The number of rotatable bonds is 4. The number of benzene rings is 1. The molecule has 0 unspecified atom stereocenters. The lowest BCUT2D eigenvalue weighted by atomic mass is 10.1. The number of hydrogen-bond acceptors (Lipinski definition) is 5. The Bertz CT molecular complexity index is 794. The zero-order valence-corrected chi connectivity index (χ0v) is 13.8. The second-order valence-electron chi connectivity index (χ2n) is 4.65. The number of amides is 1. The number of thiazole rings is 1. The SMILES string of the molecule is COc1cc(C(=O)Nc2nc(-c3cccs3)cs2)ccc1C. The van der Waals surface area contributed by atoms with Crippen molar-refractivity contribution >= 4 is 33.7 Å². The normalized spacial score (nSPS) is 10.5. The van der Waals surface area contributed by atoms with Crippen molar-refractivity contribution in [1.29, 1.82) is 0 Å². The Hall–Kier alpha value is -2.18. The van der Waals surface area contributed by atoms with Crippen molar-refractivity contribution in [2.75, 3.05) is 12.4 Å². The molecular weight excluding hydrogens is 316 g/mol. The van der Waals surface area contributed by atoms with Crippen LogP contribution >= 0.6 is 22.7 Å². The number of nitrogens with one attached hydrogen (secondary N) is 1. The minimum absolute atomic E-state index is 0.189. The van der Waals surface area contributed by atoms with E-state index in [0.717, 1.165) is 16.1 Å². The average Bonchev–Trinajstić information content (AvgIpc) is 3.18. The van der Waals surface area contributed by atoms with Crippen molar-refractivity contribution < 1.29 is 9.53 Å². The molecule has 0 saturated carbocycles. The van der Waals surface area contributed by atoms with Crippen LogP contribution in [0, 0.1) is 6.92 Å². The van der Waals surface area contributed by atoms with Crippen molar-refractivity contribution in [1.82, 2.24) is 4.98 Å². The van der Waals surface area contributed by atoms with Gasteiger partial charge in [-0.05, 0) is 36.1 Å².